The second kappa shape index (κ2) is 7.25. The van der Waals surface area contributed by atoms with Gasteiger partial charge in [-0.2, -0.15) is 0 Å². The van der Waals surface area contributed by atoms with E-state index >= 15 is 0 Å². The van der Waals surface area contributed by atoms with Gasteiger partial charge in [-0.15, -0.1) is 0 Å². The lowest BCUT2D eigenvalue weighted by molar-refractivity contribution is 0.212. The molecule has 96 valence electrons. The molecule has 1 aliphatic heterocycles. The van der Waals surface area contributed by atoms with E-state index in [4.69, 9.17) is 0 Å². The van der Waals surface area contributed by atoms with Gasteiger partial charge in [0, 0.05) is 25.7 Å². The van der Waals surface area contributed by atoms with Crippen molar-refractivity contribution >= 4 is 0 Å². The van der Waals surface area contributed by atoms with Crippen molar-refractivity contribution < 1.29 is 0 Å². The summed E-state index contributed by atoms with van der Waals surface area (Å²) < 4.78 is 0. The topological polar surface area (TPSA) is 18.5 Å². The Morgan fingerprint density at radius 1 is 1.19 bits per heavy atom. The zero-order valence-corrected chi connectivity index (χ0v) is 11.5. The average Bonchev–Trinajstić information content (AvgIpc) is 2.26. The summed E-state index contributed by atoms with van der Waals surface area (Å²) in [5, 5.41) is 3.65. The maximum absolute atomic E-state index is 3.65. The van der Waals surface area contributed by atoms with E-state index in [1.54, 1.807) is 0 Å². The van der Waals surface area contributed by atoms with Crippen LogP contribution in [0.3, 0.4) is 0 Å². The van der Waals surface area contributed by atoms with E-state index in [2.05, 4.69) is 43.2 Å². The van der Waals surface area contributed by atoms with Crippen LogP contribution in [-0.2, 0) is 0 Å². The van der Waals surface area contributed by atoms with Crippen LogP contribution < -0.4 is 5.32 Å². The Hall–Kier alpha value is -0.120. The molecule has 3 nitrogen and oxygen atoms in total. The Bertz CT molecular complexity index is 182. The number of rotatable bonds is 6. The van der Waals surface area contributed by atoms with Gasteiger partial charge in [0.1, 0.15) is 0 Å². The van der Waals surface area contributed by atoms with Gasteiger partial charge in [-0.05, 0) is 46.4 Å². The Morgan fingerprint density at radius 2 is 1.94 bits per heavy atom. The highest BCUT2D eigenvalue weighted by Crippen LogP contribution is 2.19. The van der Waals surface area contributed by atoms with Crippen molar-refractivity contribution in [1.82, 2.24) is 15.1 Å². The summed E-state index contributed by atoms with van der Waals surface area (Å²) in [7, 11) is 6.51. The minimum absolute atomic E-state index is 0.714. The molecule has 0 aromatic rings. The predicted molar refractivity (Wildman–Crippen MR) is 70.9 cm³/mol. The first-order valence-electron chi connectivity index (χ1n) is 6.68. The largest absolute Gasteiger partial charge is 0.313 e. The summed E-state index contributed by atoms with van der Waals surface area (Å²) in [6.45, 7) is 7.06. The average molecular weight is 227 g/mol. The molecule has 0 saturated carbocycles. The van der Waals surface area contributed by atoms with E-state index in [0.29, 0.717) is 6.04 Å². The SMILES string of the molecule is CCC1CCNC(CN(C)CCN(C)C)C1. The molecule has 1 N–H and O–H groups in total. The maximum atomic E-state index is 3.65. The van der Waals surface area contributed by atoms with Crippen molar-refractivity contribution in [3.8, 4) is 0 Å². The third kappa shape index (κ3) is 5.28. The van der Waals surface area contributed by atoms with Crippen molar-refractivity contribution in [3.05, 3.63) is 0 Å². The van der Waals surface area contributed by atoms with Crippen LogP contribution in [0.4, 0.5) is 0 Å². The van der Waals surface area contributed by atoms with E-state index < -0.39 is 0 Å². The van der Waals surface area contributed by atoms with Gasteiger partial charge >= 0.3 is 0 Å². The summed E-state index contributed by atoms with van der Waals surface area (Å²) in [4.78, 5) is 4.70. The maximum Gasteiger partial charge on any atom is 0.0197 e. The van der Waals surface area contributed by atoms with Crippen LogP contribution in [-0.4, -0.2) is 63.2 Å². The molecule has 0 bridgehead atoms. The molecule has 1 saturated heterocycles. The highest BCUT2D eigenvalue weighted by Gasteiger charge is 2.20. The number of piperidine rings is 1. The molecule has 0 radical (unpaired) electrons. The fourth-order valence-electron chi connectivity index (χ4n) is 2.44. The van der Waals surface area contributed by atoms with Crippen LogP contribution in [0.15, 0.2) is 0 Å². The molecule has 2 atom stereocenters. The number of likely N-dealkylation sites (N-methyl/N-ethyl adjacent to an activating group) is 2. The summed E-state index contributed by atoms with van der Waals surface area (Å²) >= 11 is 0. The molecule has 0 aromatic heterocycles. The molecule has 0 amide bonds. The van der Waals surface area contributed by atoms with Gasteiger partial charge in [-0.1, -0.05) is 13.3 Å². The lowest BCUT2D eigenvalue weighted by Crippen LogP contribution is -2.45. The van der Waals surface area contributed by atoms with Crippen molar-refractivity contribution in [2.75, 3.05) is 47.3 Å². The van der Waals surface area contributed by atoms with Gasteiger partial charge in [-0.25, -0.2) is 0 Å². The van der Waals surface area contributed by atoms with Crippen LogP contribution in [0, 0.1) is 5.92 Å². The smallest absolute Gasteiger partial charge is 0.0197 e. The van der Waals surface area contributed by atoms with Crippen LogP contribution in [0.25, 0.3) is 0 Å². The fraction of sp³-hybridized carbons (Fsp3) is 1.00. The third-order valence-corrected chi connectivity index (χ3v) is 3.64. The number of hydrogen-bond donors (Lipinski definition) is 1. The minimum Gasteiger partial charge on any atom is -0.313 e. The molecule has 1 rings (SSSR count). The molecule has 3 heteroatoms. The standard InChI is InChI=1S/C13H29N3/c1-5-12-6-7-14-13(10-12)11-16(4)9-8-15(2)3/h12-14H,5-11H2,1-4H3. The van der Waals surface area contributed by atoms with E-state index in [-0.39, 0.29) is 0 Å². The van der Waals surface area contributed by atoms with Crippen LogP contribution >= 0.6 is 0 Å². The molecular formula is C13H29N3. The molecule has 0 aliphatic carbocycles. The zero-order chi connectivity index (χ0) is 12.0. The molecule has 1 heterocycles. The Labute approximate surface area is 101 Å². The molecule has 1 fully saturated rings. The van der Waals surface area contributed by atoms with Crippen LogP contribution in [0.2, 0.25) is 0 Å². The van der Waals surface area contributed by atoms with Crippen molar-refractivity contribution in [2.24, 2.45) is 5.92 Å². The van der Waals surface area contributed by atoms with Crippen LogP contribution in [0.5, 0.6) is 0 Å². The second-order valence-electron chi connectivity index (χ2n) is 5.52. The van der Waals surface area contributed by atoms with Gasteiger partial charge in [0.15, 0.2) is 0 Å². The van der Waals surface area contributed by atoms with Gasteiger partial charge in [0.05, 0.1) is 0 Å². The quantitative estimate of drug-likeness (QED) is 0.737. The lowest BCUT2D eigenvalue weighted by Gasteiger charge is -2.32. The molecule has 16 heavy (non-hydrogen) atoms. The van der Waals surface area contributed by atoms with Crippen molar-refractivity contribution in [2.45, 2.75) is 32.2 Å². The summed E-state index contributed by atoms with van der Waals surface area (Å²) in [6.07, 6.45) is 4.08. The molecule has 0 spiro atoms. The lowest BCUT2D eigenvalue weighted by atomic mass is 9.90. The van der Waals surface area contributed by atoms with Crippen molar-refractivity contribution in [3.63, 3.8) is 0 Å². The van der Waals surface area contributed by atoms with Gasteiger partial charge in [0.2, 0.25) is 0 Å². The van der Waals surface area contributed by atoms with E-state index in [1.165, 1.54) is 38.9 Å². The monoisotopic (exact) mass is 227 g/mol. The van der Waals surface area contributed by atoms with E-state index in [9.17, 15) is 0 Å². The molecular weight excluding hydrogens is 198 g/mol. The van der Waals surface area contributed by atoms with Gasteiger partial charge in [-0.3, -0.25) is 0 Å². The Kier molecular flexibility index (Phi) is 6.32. The molecule has 2 unspecified atom stereocenters. The Balaban J connectivity index is 2.19. The van der Waals surface area contributed by atoms with Gasteiger partial charge in [0.25, 0.3) is 0 Å². The number of nitrogens with one attached hydrogen (secondary N) is 1. The minimum atomic E-state index is 0.714. The third-order valence-electron chi connectivity index (χ3n) is 3.64. The summed E-state index contributed by atoms with van der Waals surface area (Å²) in [5.74, 6) is 0.952. The molecule has 0 aromatic carbocycles. The zero-order valence-electron chi connectivity index (χ0n) is 11.5. The normalized spacial score (nSPS) is 26.6. The summed E-state index contributed by atoms with van der Waals surface area (Å²) in [6, 6.07) is 0.714. The summed E-state index contributed by atoms with van der Waals surface area (Å²) in [5.41, 5.74) is 0. The number of nitrogens with zero attached hydrogens (tertiary/aromatic N) is 2. The first kappa shape index (κ1) is 13.9. The highest BCUT2D eigenvalue weighted by atomic mass is 15.2. The first-order chi connectivity index (χ1) is 7.61. The van der Waals surface area contributed by atoms with Crippen molar-refractivity contribution in [1.29, 1.82) is 0 Å². The van der Waals surface area contributed by atoms with Crippen LogP contribution in [0.1, 0.15) is 26.2 Å². The predicted octanol–water partition coefficient (Wildman–Crippen LogP) is 1.26. The van der Waals surface area contributed by atoms with E-state index in [1.807, 2.05) is 0 Å². The molecule has 1 aliphatic rings. The van der Waals surface area contributed by atoms with E-state index in [0.717, 1.165) is 12.5 Å². The fourth-order valence-corrected chi connectivity index (χ4v) is 2.44. The Morgan fingerprint density at radius 3 is 2.56 bits per heavy atom. The second-order valence-corrected chi connectivity index (χ2v) is 5.52. The number of hydrogen-bond acceptors (Lipinski definition) is 3. The van der Waals surface area contributed by atoms with Gasteiger partial charge < -0.3 is 15.1 Å². The first-order valence-corrected chi connectivity index (χ1v) is 6.68. The highest BCUT2D eigenvalue weighted by molar-refractivity contribution is 4.79.